The van der Waals surface area contributed by atoms with Gasteiger partial charge < -0.3 is 10.1 Å². The predicted molar refractivity (Wildman–Crippen MR) is 210 cm³/mol. The van der Waals surface area contributed by atoms with Gasteiger partial charge in [-0.15, -0.1) is 34.9 Å². The number of carbonyl (C=O) groups is 1. The van der Waals surface area contributed by atoms with Crippen LogP contribution in [0.2, 0.25) is 0 Å². The minimum Gasteiger partial charge on any atom is -0.512 e. The second kappa shape index (κ2) is 17.6. The molecule has 1 aromatic heterocycles. The fourth-order valence-corrected chi connectivity index (χ4v) is 8.57. The maximum absolute atomic E-state index is 12.3. The zero-order chi connectivity index (χ0) is 36.2. The Hall–Kier alpha value is -2.81. The van der Waals surface area contributed by atoms with E-state index in [4.69, 9.17) is 4.98 Å². The zero-order valence-corrected chi connectivity index (χ0v) is 35.2. The van der Waals surface area contributed by atoms with Crippen molar-refractivity contribution in [1.29, 1.82) is 0 Å². The summed E-state index contributed by atoms with van der Waals surface area (Å²) in [5.41, 5.74) is 6.56. The summed E-state index contributed by atoms with van der Waals surface area (Å²) in [4.78, 5) is 17.1. The van der Waals surface area contributed by atoms with E-state index in [1.807, 2.05) is 6.20 Å². The van der Waals surface area contributed by atoms with Gasteiger partial charge in [-0.1, -0.05) is 113 Å². The van der Waals surface area contributed by atoms with Gasteiger partial charge in [-0.25, -0.2) is 0 Å². The summed E-state index contributed by atoms with van der Waals surface area (Å²) in [5.74, 6) is 2.30. The van der Waals surface area contributed by atoms with Crippen LogP contribution in [0.15, 0.2) is 66.6 Å². The van der Waals surface area contributed by atoms with Crippen LogP contribution in [0.3, 0.4) is 0 Å². The van der Waals surface area contributed by atoms with Crippen LogP contribution in [-0.2, 0) is 24.9 Å². The van der Waals surface area contributed by atoms with Crippen molar-refractivity contribution in [3.63, 3.8) is 0 Å². The maximum atomic E-state index is 12.3. The molecule has 1 aliphatic rings. The van der Waals surface area contributed by atoms with Crippen molar-refractivity contribution in [1.82, 2.24) is 4.98 Å². The van der Waals surface area contributed by atoms with Crippen LogP contribution in [0.1, 0.15) is 118 Å². The normalized spacial score (nSPS) is 15.4. The van der Waals surface area contributed by atoms with Crippen LogP contribution in [-0.4, -0.2) is 15.9 Å². The molecule has 3 aromatic carbocycles. The Kier molecular flexibility index (Phi) is 14.7. The minimum absolute atomic E-state index is 0. The summed E-state index contributed by atoms with van der Waals surface area (Å²) in [6, 6.07) is 21.6. The first kappa shape index (κ1) is 41.6. The fraction of sp³-hybridized carbons (Fsp3) is 0.522. The molecule has 5 rings (SSSR count). The molecule has 4 heteroatoms. The van der Waals surface area contributed by atoms with Gasteiger partial charge in [-0.05, 0) is 99.6 Å². The Morgan fingerprint density at radius 1 is 0.800 bits per heavy atom. The molecule has 0 saturated heterocycles. The number of benzene rings is 3. The molecule has 0 aliphatic heterocycles. The topological polar surface area (TPSA) is 50.2 Å². The van der Waals surface area contributed by atoms with Crippen LogP contribution in [0.25, 0.3) is 32.8 Å². The molecule has 4 aromatic rings. The number of pyridine rings is 1. The summed E-state index contributed by atoms with van der Waals surface area (Å²) in [5, 5.41) is 15.5. The van der Waals surface area contributed by atoms with E-state index in [0.717, 1.165) is 16.8 Å². The summed E-state index contributed by atoms with van der Waals surface area (Å²) in [7, 11) is 0. The molecule has 0 atom stereocenters. The molecule has 50 heavy (non-hydrogen) atoms. The van der Waals surface area contributed by atoms with Gasteiger partial charge in [0.25, 0.3) is 0 Å². The molecule has 1 fully saturated rings. The van der Waals surface area contributed by atoms with E-state index in [2.05, 4.69) is 138 Å². The van der Waals surface area contributed by atoms with Crippen molar-refractivity contribution >= 4 is 27.3 Å². The van der Waals surface area contributed by atoms with Gasteiger partial charge in [0.15, 0.2) is 5.78 Å². The first-order chi connectivity index (χ1) is 23.0. The van der Waals surface area contributed by atoms with Gasteiger partial charge in [-0.3, -0.25) is 4.79 Å². The molecular formula is C46H62IrNO2-. The van der Waals surface area contributed by atoms with E-state index in [1.54, 1.807) is 0 Å². The number of hydrogen-bond donors (Lipinski definition) is 1. The van der Waals surface area contributed by atoms with E-state index in [9.17, 15) is 9.90 Å². The van der Waals surface area contributed by atoms with Crippen LogP contribution in [0.4, 0.5) is 0 Å². The van der Waals surface area contributed by atoms with Crippen molar-refractivity contribution < 1.29 is 30.0 Å². The third-order valence-electron chi connectivity index (χ3n) is 10.9. The Bertz CT molecular complexity index is 1730. The number of allylic oxidation sites excluding steroid dienone is 2. The van der Waals surface area contributed by atoms with Crippen molar-refractivity contribution in [3.05, 3.63) is 89.3 Å². The van der Waals surface area contributed by atoms with E-state index >= 15 is 0 Å². The molecular weight excluding hydrogens is 791 g/mol. The number of aromatic nitrogens is 1. The Morgan fingerprint density at radius 2 is 1.36 bits per heavy atom. The summed E-state index contributed by atoms with van der Waals surface area (Å²) in [6.07, 6.45) is 8.66. The van der Waals surface area contributed by atoms with Crippen molar-refractivity contribution in [2.45, 2.75) is 115 Å². The van der Waals surface area contributed by atoms with Gasteiger partial charge in [0.1, 0.15) is 0 Å². The predicted octanol–water partition coefficient (Wildman–Crippen LogP) is 13.0. The second-order valence-corrected chi connectivity index (χ2v) is 17.0. The first-order valence-electron chi connectivity index (χ1n) is 18.8. The van der Waals surface area contributed by atoms with E-state index in [0.29, 0.717) is 35.0 Å². The number of hydrogen-bond acceptors (Lipinski definition) is 3. The molecule has 273 valence electrons. The monoisotopic (exact) mass is 853 g/mol. The number of aliphatic hydroxyl groups excluding tert-OH is 1. The van der Waals surface area contributed by atoms with Gasteiger partial charge >= 0.3 is 0 Å². The average molecular weight is 853 g/mol. The Morgan fingerprint density at radius 3 is 1.92 bits per heavy atom. The Balaban J connectivity index is 0.000000296. The molecule has 1 radical (unpaired) electrons. The number of ketones is 1. The number of fused-ring (bicyclic) bond motifs is 3. The fourth-order valence-electron chi connectivity index (χ4n) is 8.57. The van der Waals surface area contributed by atoms with E-state index < -0.39 is 0 Å². The van der Waals surface area contributed by atoms with Gasteiger partial charge in [0.2, 0.25) is 0 Å². The number of aryl methyl sites for hydroxylation is 2. The van der Waals surface area contributed by atoms with Gasteiger partial charge in [0, 0.05) is 44.2 Å². The molecule has 1 aliphatic carbocycles. The molecule has 1 N–H and O–H groups in total. The quantitative estimate of drug-likeness (QED) is 0.0790. The maximum Gasteiger partial charge on any atom is 0.162 e. The second-order valence-electron chi connectivity index (χ2n) is 17.0. The molecule has 1 saturated carbocycles. The number of nitrogens with zero attached hydrogens (tertiary/aromatic N) is 1. The van der Waals surface area contributed by atoms with Crippen molar-refractivity contribution in [3.8, 4) is 11.3 Å². The molecule has 3 nitrogen and oxygen atoms in total. The largest absolute Gasteiger partial charge is 0.512 e. The van der Waals surface area contributed by atoms with Crippen LogP contribution < -0.4 is 0 Å². The van der Waals surface area contributed by atoms with Gasteiger partial charge in [0.05, 0.1) is 5.76 Å². The van der Waals surface area contributed by atoms with Crippen molar-refractivity contribution in [2.75, 3.05) is 0 Å². The Labute approximate surface area is 317 Å². The smallest absolute Gasteiger partial charge is 0.162 e. The van der Waals surface area contributed by atoms with Gasteiger partial charge in [-0.2, -0.15) is 0 Å². The van der Waals surface area contributed by atoms with Crippen LogP contribution in [0.5, 0.6) is 0 Å². The molecule has 0 amide bonds. The van der Waals surface area contributed by atoms with Crippen molar-refractivity contribution in [2.24, 2.45) is 40.9 Å². The number of aliphatic hydroxyl groups is 1. The third-order valence-corrected chi connectivity index (χ3v) is 10.9. The minimum atomic E-state index is -0.0119. The zero-order valence-electron chi connectivity index (χ0n) is 32.8. The SMILES string of the molecule is CC(C)C(C(=O)/C=C(\O)C(C(C)C)C(C)C)C(C)C.Cc1[c-]c(-c2nccc3c2ccc2c(C4CCC(C)(C)CC4)cccc23)cc(C)c1.[Ir]. The molecule has 0 bridgehead atoms. The standard InChI is InChI=1S/C29H30N.C17H32O2.Ir/c1-19-16-20(2)18-22(17-19)28-27-9-8-25-23(21-10-13-29(3,4)14-11-21)6-5-7-24(25)26(27)12-15-30-28;1-10(2)16(11(3)4)14(18)9-15(19)17(12(5)6)13(7)8;/h5-9,12,15-17,21H,10-11,13-14H2,1-4H3;9-13,16-18H,1-8H3;/q-1;;/b;14-9-;. The van der Waals surface area contributed by atoms with E-state index in [-0.39, 0.29) is 43.5 Å². The molecule has 0 spiro atoms. The van der Waals surface area contributed by atoms with Crippen LogP contribution >= 0.6 is 0 Å². The van der Waals surface area contributed by atoms with Crippen LogP contribution in [0, 0.1) is 60.8 Å². The average Bonchev–Trinajstić information content (AvgIpc) is 2.99. The third kappa shape index (κ3) is 9.95. The summed E-state index contributed by atoms with van der Waals surface area (Å²) < 4.78 is 0. The summed E-state index contributed by atoms with van der Waals surface area (Å²) in [6.45, 7) is 25.7. The number of carbonyl (C=O) groups excluding carboxylic acids is 1. The number of rotatable bonds is 9. The molecule has 0 unspecified atom stereocenters. The first-order valence-corrected chi connectivity index (χ1v) is 18.8. The molecule has 1 heterocycles. The summed E-state index contributed by atoms with van der Waals surface area (Å²) >= 11 is 0. The van der Waals surface area contributed by atoms with E-state index in [1.165, 1.54) is 64.4 Å².